The highest BCUT2D eigenvalue weighted by atomic mass is 16.2. The second kappa shape index (κ2) is 7.09. The smallest absolute Gasteiger partial charge is 0.258 e. The summed E-state index contributed by atoms with van der Waals surface area (Å²) in [5.41, 5.74) is 7.53. The monoisotopic (exact) mass is 421 g/mol. The molecule has 0 atom stereocenters. The van der Waals surface area contributed by atoms with Gasteiger partial charge in [0.25, 0.3) is 11.8 Å². The summed E-state index contributed by atoms with van der Waals surface area (Å²) in [5.74, 6) is 0.00660. The minimum Gasteiger partial charge on any atom is -0.361 e. The average Bonchev–Trinajstić information content (AvgIpc) is 3.38. The first kappa shape index (κ1) is 18.9. The van der Waals surface area contributed by atoms with Gasteiger partial charge in [0.1, 0.15) is 0 Å². The number of fused-ring (bicyclic) bond motifs is 2. The van der Waals surface area contributed by atoms with Crippen molar-refractivity contribution < 1.29 is 9.59 Å². The van der Waals surface area contributed by atoms with Crippen LogP contribution in [0.25, 0.3) is 22.0 Å². The molecule has 1 saturated carbocycles. The van der Waals surface area contributed by atoms with Crippen LogP contribution in [0.15, 0.2) is 66.9 Å². The van der Waals surface area contributed by atoms with Crippen LogP contribution in [0.3, 0.4) is 0 Å². The molecule has 0 spiro atoms. The molecule has 5 nitrogen and oxygen atoms in total. The van der Waals surface area contributed by atoms with Gasteiger partial charge in [-0.25, -0.2) is 0 Å². The number of rotatable bonds is 4. The lowest BCUT2D eigenvalue weighted by Gasteiger charge is -2.15. The summed E-state index contributed by atoms with van der Waals surface area (Å²) in [6, 6.07) is 20.2. The van der Waals surface area contributed by atoms with Crippen molar-refractivity contribution in [2.24, 2.45) is 0 Å². The number of aromatic amines is 1. The van der Waals surface area contributed by atoms with E-state index in [1.165, 1.54) is 0 Å². The van der Waals surface area contributed by atoms with E-state index in [0.717, 1.165) is 57.2 Å². The Hall–Kier alpha value is -3.86. The van der Waals surface area contributed by atoms with E-state index in [2.05, 4.69) is 23.3 Å². The average molecular weight is 422 g/mol. The molecule has 1 aromatic heterocycles. The largest absolute Gasteiger partial charge is 0.361 e. The van der Waals surface area contributed by atoms with Crippen molar-refractivity contribution in [3.8, 4) is 11.1 Å². The van der Waals surface area contributed by atoms with Gasteiger partial charge in [0.15, 0.2) is 0 Å². The third-order valence-corrected chi connectivity index (χ3v) is 6.48. The van der Waals surface area contributed by atoms with Gasteiger partial charge in [-0.2, -0.15) is 0 Å². The third kappa shape index (κ3) is 3.17. The Bertz CT molecular complexity index is 1400. The highest BCUT2D eigenvalue weighted by Gasteiger charge is 2.29. The predicted octanol–water partition coefficient (Wildman–Crippen LogP) is 5.20. The van der Waals surface area contributed by atoms with Gasteiger partial charge in [-0.15, -0.1) is 0 Å². The molecule has 1 fully saturated rings. The zero-order valence-electron chi connectivity index (χ0n) is 17.8. The number of amides is 2. The van der Waals surface area contributed by atoms with Crippen LogP contribution in [0.5, 0.6) is 0 Å². The Balaban J connectivity index is 1.32. The fraction of sp³-hybridized carbons (Fsp3) is 0.185. The molecule has 158 valence electrons. The van der Waals surface area contributed by atoms with E-state index in [1.54, 1.807) is 0 Å². The summed E-state index contributed by atoms with van der Waals surface area (Å²) in [6.45, 7) is 2.59. The number of hydrogen-bond acceptors (Lipinski definition) is 2. The van der Waals surface area contributed by atoms with Crippen LogP contribution in [0.4, 0.5) is 5.69 Å². The number of hydrogen-bond donors (Lipinski definition) is 2. The van der Waals surface area contributed by atoms with E-state index >= 15 is 0 Å². The minimum absolute atomic E-state index is 0.0172. The highest BCUT2D eigenvalue weighted by molar-refractivity contribution is 6.11. The fourth-order valence-electron chi connectivity index (χ4n) is 4.48. The minimum atomic E-state index is -0.0172. The number of carbonyl (C=O) groups is 2. The number of benzene rings is 3. The number of H-pyrrole nitrogens is 1. The molecular formula is C27H23N3O2. The second-order valence-electron chi connectivity index (χ2n) is 8.79. The van der Waals surface area contributed by atoms with Crippen molar-refractivity contribution in [3.63, 3.8) is 0 Å². The topological polar surface area (TPSA) is 65.2 Å². The molecule has 1 aliphatic heterocycles. The van der Waals surface area contributed by atoms with Gasteiger partial charge >= 0.3 is 0 Å². The van der Waals surface area contributed by atoms with E-state index in [0.29, 0.717) is 18.2 Å². The molecule has 0 saturated heterocycles. The Labute approximate surface area is 186 Å². The molecule has 0 unspecified atom stereocenters. The van der Waals surface area contributed by atoms with Gasteiger partial charge in [0.05, 0.1) is 6.54 Å². The number of aryl methyl sites for hydroxylation is 1. The second-order valence-corrected chi connectivity index (χ2v) is 8.79. The van der Waals surface area contributed by atoms with Gasteiger partial charge in [-0.3, -0.25) is 9.59 Å². The normalized spacial score (nSPS) is 15.3. The lowest BCUT2D eigenvalue weighted by molar-refractivity contribution is 0.0949. The SMILES string of the molecule is Cc1ccc(C(=O)NC2CC2)cc1-c1ccc2c(c1)CN(c1ccc3[nH]ccc3c1)C2=O. The molecule has 2 amide bonds. The van der Waals surface area contributed by atoms with Gasteiger partial charge in [-0.1, -0.05) is 12.1 Å². The van der Waals surface area contributed by atoms with E-state index in [4.69, 9.17) is 0 Å². The Morgan fingerprint density at radius 3 is 2.72 bits per heavy atom. The van der Waals surface area contributed by atoms with Crippen molar-refractivity contribution in [3.05, 3.63) is 89.1 Å². The van der Waals surface area contributed by atoms with Crippen molar-refractivity contribution >= 4 is 28.4 Å². The lowest BCUT2D eigenvalue weighted by Crippen LogP contribution is -2.25. The van der Waals surface area contributed by atoms with E-state index in [-0.39, 0.29) is 11.8 Å². The molecule has 3 aromatic carbocycles. The maximum Gasteiger partial charge on any atom is 0.258 e. The number of nitrogens with one attached hydrogen (secondary N) is 2. The predicted molar refractivity (Wildman–Crippen MR) is 126 cm³/mol. The molecule has 5 heteroatoms. The molecule has 2 heterocycles. The summed E-state index contributed by atoms with van der Waals surface area (Å²) >= 11 is 0. The lowest BCUT2D eigenvalue weighted by atomic mass is 9.95. The first-order chi connectivity index (χ1) is 15.6. The zero-order valence-corrected chi connectivity index (χ0v) is 17.8. The highest BCUT2D eigenvalue weighted by Crippen LogP contribution is 2.34. The standard InChI is InChI=1S/C27H23N3O2/c1-16-2-3-19(26(31)29-21-5-6-21)14-24(16)17-4-8-23-20(12-17)15-30(27(23)32)22-7-9-25-18(13-22)10-11-28-25/h2-4,7-14,21,28H,5-6,15H2,1H3,(H,29,31). The molecule has 6 rings (SSSR count). The van der Waals surface area contributed by atoms with Crippen LogP contribution in [0.2, 0.25) is 0 Å². The molecule has 4 aromatic rings. The van der Waals surface area contributed by atoms with E-state index in [9.17, 15) is 9.59 Å². The molecule has 0 bridgehead atoms. The Morgan fingerprint density at radius 1 is 1.00 bits per heavy atom. The Kier molecular flexibility index (Phi) is 4.18. The number of carbonyl (C=O) groups excluding carboxylic acids is 2. The van der Waals surface area contributed by atoms with Crippen LogP contribution in [0, 0.1) is 6.92 Å². The molecule has 1 aliphatic carbocycles. The van der Waals surface area contributed by atoms with Gasteiger partial charge in [-0.05, 0) is 90.6 Å². The molecular weight excluding hydrogens is 398 g/mol. The van der Waals surface area contributed by atoms with Crippen LogP contribution >= 0.6 is 0 Å². The van der Waals surface area contributed by atoms with Crippen LogP contribution < -0.4 is 10.2 Å². The number of anilines is 1. The fourth-order valence-corrected chi connectivity index (χ4v) is 4.48. The van der Waals surface area contributed by atoms with E-state index < -0.39 is 0 Å². The van der Waals surface area contributed by atoms with Gasteiger partial charge in [0.2, 0.25) is 0 Å². The van der Waals surface area contributed by atoms with Crippen molar-refractivity contribution in [2.75, 3.05) is 4.90 Å². The molecule has 32 heavy (non-hydrogen) atoms. The molecule has 2 aliphatic rings. The molecule has 0 radical (unpaired) electrons. The first-order valence-electron chi connectivity index (χ1n) is 11.0. The maximum atomic E-state index is 13.1. The van der Waals surface area contributed by atoms with Crippen molar-refractivity contribution in [2.45, 2.75) is 32.4 Å². The van der Waals surface area contributed by atoms with Crippen LogP contribution in [0.1, 0.15) is 44.7 Å². The van der Waals surface area contributed by atoms with Crippen LogP contribution in [-0.2, 0) is 6.54 Å². The van der Waals surface area contributed by atoms with Crippen LogP contribution in [-0.4, -0.2) is 22.8 Å². The summed E-state index contributed by atoms with van der Waals surface area (Å²) in [7, 11) is 0. The third-order valence-electron chi connectivity index (χ3n) is 6.48. The summed E-state index contributed by atoms with van der Waals surface area (Å²) in [4.78, 5) is 30.6. The number of nitrogens with zero attached hydrogens (tertiary/aromatic N) is 1. The first-order valence-corrected chi connectivity index (χ1v) is 11.0. The summed E-state index contributed by atoms with van der Waals surface area (Å²) in [5, 5.41) is 4.14. The summed E-state index contributed by atoms with van der Waals surface area (Å²) in [6.07, 6.45) is 4.04. The number of aromatic nitrogens is 1. The van der Waals surface area contributed by atoms with Gasteiger partial charge < -0.3 is 15.2 Å². The Morgan fingerprint density at radius 2 is 1.88 bits per heavy atom. The zero-order chi connectivity index (χ0) is 21.8. The molecule has 2 N–H and O–H groups in total. The van der Waals surface area contributed by atoms with E-state index in [1.807, 2.05) is 65.7 Å². The van der Waals surface area contributed by atoms with Gasteiger partial charge in [0, 0.05) is 40.0 Å². The quantitative estimate of drug-likeness (QED) is 0.476. The maximum absolute atomic E-state index is 13.1. The summed E-state index contributed by atoms with van der Waals surface area (Å²) < 4.78 is 0. The van der Waals surface area contributed by atoms with Crippen molar-refractivity contribution in [1.82, 2.24) is 10.3 Å². The van der Waals surface area contributed by atoms with Crippen molar-refractivity contribution in [1.29, 1.82) is 0 Å².